The lowest BCUT2D eigenvalue weighted by molar-refractivity contribution is -0.909. The molecular formula is C21H23Cl2N2O2+. The lowest BCUT2D eigenvalue weighted by atomic mass is 10.1. The maximum atomic E-state index is 12.5. The van der Waals surface area contributed by atoms with Crippen molar-refractivity contribution in [2.75, 3.05) is 32.8 Å². The molecule has 142 valence electrons. The number of amides is 1. The molecule has 1 amide bonds. The van der Waals surface area contributed by atoms with Crippen LogP contribution in [0.15, 0.2) is 54.6 Å². The molecule has 1 aliphatic heterocycles. The molecule has 0 aromatic heterocycles. The van der Waals surface area contributed by atoms with Crippen LogP contribution < -0.4 is 10.2 Å². The number of carbonyl (C=O) groups excluding carboxylic acids is 1. The highest BCUT2D eigenvalue weighted by Gasteiger charge is 2.22. The minimum Gasteiger partial charge on any atom is -0.370 e. The summed E-state index contributed by atoms with van der Waals surface area (Å²) in [6.07, 6.45) is 3.27. The molecule has 1 fully saturated rings. The minimum absolute atomic E-state index is 0.0507. The Labute approximate surface area is 169 Å². The molecule has 2 N–H and O–H groups in total. The van der Waals surface area contributed by atoms with Gasteiger partial charge in [0, 0.05) is 6.08 Å². The monoisotopic (exact) mass is 405 g/mol. The van der Waals surface area contributed by atoms with Crippen molar-refractivity contribution in [1.82, 2.24) is 5.32 Å². The second-order valence-corrected chi connectivity index (χ2v) is 7.36. The highest BCUT2D eigenvalue weighted by Crippen LogP contribution is 2.23. The SMILES string of the molecule is O=C(/C=C/c1ccc(Cl)c(Cl)c1)N[C@@H](C[NH+]1CCOCC1)c1ccccc1. The number of hydrogen-bond donors (Lipinski definition) is 2. The summed E-state index contributed by atoms with van der Waals surface area (Å²) in [5, 5.41) is 4.10. The summed E-state index contributed by atoms with van der Waals surface area (Å²) in [7, 11) is 0. The van der Waals surface area contributed by atoms with E-state index in [9.17, 15) is 4.79 Å². The molecule has 27 heavy (non-hydrogen) atoms. The van der Waals surface area contributed by atoms with Crippen LogP contribution in [-0.4, -0.2) is 38.8 Å². The third-order valence-corrected chi connectivity index (χ3v) is 5.32. The van der Waals surface area contributed by atoms with Gasteiger partial charge in [-0.15, -0.1) is 0 Å². The molecule has 3 rings (SSSR count). The standard InChI is InChI=1S/C21H22Cl2N2O2/c22-18-8-6-16(14-19(18)23)7-9-21(26)24-20(17-4-2-1-3-5-17)15-25-10-12-27-13-11-25/h1-9,14,20H,10-13,15H2,(H,24,26)/p+1/b9-7+/t20-/m0/s1. The van der Waals surface area contributed by atoms with Crippen molar-refractivity contribution >= 4 is 35.2 Å². The van der Waals surface area contributed by atoms with Gasteiger partial charge in [-0.25, -0.2) is 0 Å². The van der Waals surface area contributed by atoms with E-state index in [1.807, 2.05) is 36.4 Å². The van der Waals surface area contributed by atoms with Gasteiger partial charge in [-0.2, -0.15) is 0 Å². The molecule has 0 bridgehead atoms. The van der Waals surface area contributed by atoms with E-state index in [2.05, 4.69) is 5.32 Å². The Morgan fingerprint density at radius 2 is 1.85 bits per heavy atom. The molecule has 0 unspecified atom stereocenters. The maximum Gasteiger partial charge on any atom is 0.244 e. The zero-order chi connectivity index (χ0) is 19.1. The van der Waals surface area contributed by atoms with E-state index in [-0.39, 0.29) is 11.9 Å². The molecule has 2 aromatic carbocycles. The summed E-state index contributed by atoms with van der Waals surface area (Å²) in [5.74, 6) is -0.136. The Kier molecular flexibility index (Phi) is 7.30. The summed E-state index contributed by atoms with van der Waals surface area (Å²) < 4.78 is 5.43. The molecule has 0 spiro atoms. The number of quaternary nitrogens is 1. The van der Waals surface area contributed by atoms with Crippen molar-refractivity contribution in [2.45, 2.75) is 6.04 Å². The number of hydrogen-bond acceptors (Lipinski definition) is 2. The zero-order valence-electron chi connectivity index (χ0n) is 15.0. The van der Waals surface area contributed by atoms with Crippen LogP contribution in [-0.2, 0) is 9.53 Å². The number of ether oxygens (including phenoxy) is 1. The normalized spacial score (nSPS) is 16.4. The third kappa shape index (κ3) is 6.08. The Hall–Kier alpha value is -1.85. The topological polar surface area (TPSA) is 42.8 Å². The maximum absolute atomic E-state index is 12.5. The number of nitrogens with one attached hydrogen (secondary N) is 2. The zero-order valence-corrected chi connectivity index (χ0v) is 16.5. The fraction of sp³-hybridized carbons (Fsp3) is 0.286. The first-order valence-corrected chi connectivity index (χ1v) is 9.77. The molecule has 1 heterocycles. The van der Waals surface area contributed by atoms with E-state index in [4.69, 9.17) is 27.9 Å². The van der Waals surface area contributed by atoms with Crippen LogP contribution in [0.3, 0.4) is 0 Å². The van der Waals surface area contributed by atoms with Crippen LogP contribution in [0.4, 0.5) is 0 Å². The molecule has 4 nitrogen and oxygen atoms in total. The van der Waals surface area contributed by atoms with E-state index in [1.165, 1.54) is 11.0 Å². The Bertz CT molecular complexity index is 790. The Morgan fingerprint density at radius 1 is 1.11 bits per heavy atom. The average molecular weight is 406 g/mol. The Morgan fingerprint density at radius 3 is 2.56 bits per heavy atom. The predicted molar refractivity (Wildman–Crippen MR) is 109 cm³/mol. The van der Waals surface area contributed by atoms with E-state index >= 15 is 0 Å². The first-order chi connectivity index (χ1) is 13.1. The van der Waals surface area contributed by atoms with Gasteiger partial charge >= 0.3 is 0 Å². The number of carbonyl (C=O) groups is 1. The lowest BCUT2D eigenvalue weighted by Crippen LogP contribution is -3.14. The van der Waals surface area contributed by atoms with Gasteiger partial charge < -0.3 is 15.0 Å². The van der Waals surface area contributed by atoms with Gasteiger partial charge in [-0.1, -0.05) is 59.6 Å². The van der Waals surface area contributed by atoms with Gasteiger partial charge in [0.1, 0.15) is 25.7 Å². The van der Waals surface area contributed by atoms with Crippen molar-refractivity contribution in [3.63, 3.8) is 0 Å². The largest absolute Gasteiger partial charge is 0.370 e. The second kappa shape index (κ2) is 9.90. The number of halogens is 2. The van der Waals surface area contributed by atoms with Crippen LogP contribution in [0.1, 0.15) is 17.2 Å². The van der Waals surface area contributed by atoms with Crippen molar-refractivity contribution in [3.05, 3.63) is 75.8 Å². The smallest absolute Gasteiger partial charge is 0.244 e. The average Bonchev–Trinajstić information content (AvgIpc) is 2.70. The van der Waals surface area contributed by atoms with Crippen LogP contribution in [0, 0.1) is 0 Å². The minimum atomic E-state index is -0.136. The third-order valence-electron chi connectivity index (χ3n) is 4.58. The first-order valence-electron chi connectivity index (χ1n) is 9.02. The van der Waals surface area contributed by atoms with Crippen LogP contribution >= 0.6 is 23.2 Å². The highest BCUT2D eigenvalue weighted by molar-refractivity contribution is 6.42. The molecule has 0 aliphatic carbocycles. The number of morpholine rings is 1. The van der Waals surface area contributed by atoms with Crippen LogP contribution in [0.25, 0.3) is 6.08 Å². The summed E-state index contributed by atoms with van der Waals surface area (Å²) >= 11 is 11.9. The van der Waals surface area contributed by atoms with E-state index in [0.717, 1.165) is 44.0 Å². The summed E-state index contributed by atoms with van der Waals surface area (Å²) in [6, 6.07) is 15.3. The number of benzene rings is 2. The quantitative estimate of drug-likeness (QED) is 0.725. The van der Waals surface area contributed by atoms with E-state index in [0.29, 0.717) is 10.0 Å². The van der Waals surface area contributed by atoms with Crippen molar-refractivity contribution in [1.29, 1.82) is 0 Å². The fourth-order valence-electron chi connectivity index (χ4n) is 3.10. The van der Waals surface area contributed by atoms with E-state index < -0.39 is 0 Å². The Balaban J connectivity index is 1.67. The highest BCUT2D eigenvalue weighted by atomic mass is 35.5. The molecule has 1 saturated heterocycles. The molecule has 0 radical (unpaired) electrons. The van der Waals surface area contributed by atoms with Crippen molar-refractivity contribution in [2.24, 2.45) is 0 Å². The fourth-order valence-corrected chi connectivity index (χ4v) is 3.40. The van der Waals surface area contributed by atoms with Crippen LogP contribution in [0.2, 0.25) is 10.0 Å². The number of rotatable bonds is 6. The molecule has 2 aromatic rings. The molecule has 6 heteroatoms. The second-order valence-electron chi connectivity index (χ2n) is 6.55. The molecule has 1 aliphatic rings. The van der Waals surface area contributed by atoms with Crippen molar-refractivity contribution < 1.29 is 14.4 Å². The van der Waals surface area contributed by atoms with E-state index in [1.54, 1.807) is 18.2 Å². The molecule has 1 atom stereocenters. The lowest BCUT2D eigenvalue weighted by Gasteiger charge is -2.28. The summed E-state index contributed by atoms with van der Waals surface area (Å²) in [6.45, 7) is 4.28. The van der Waals surface area contributed by atoms with Crippen LogP contribution in [0.5, 0.6) is 0 Å². The summed E-state index contributed by atoms with van der Waals surface area (Å²) in [5.41, 5.74) is 1.93. The molecular weight excluding hydrogens is 383 g/mol. The van der Waals surface area contributed by atoms with Gasteiger partial charge in [-0.3, -0.25) is 4.79 Å². The van der Waals surface area contributed by atoms with Crippen molar-refractivity contribution in [3.8, 4) is 0 Å². The predicted octanol–water partition coefficient (Wildman–Crippen LogP) is 2.78. The first kappa shape index (κ1) is 19.9. The molecule has 0 saturated carbocycles. The van der Waals surface area contributed by atoms with Gasteiger partial charge in [0.2, 0.25) is 5.91 Å². The van der Waals surface area contributed by atoms with Gasteiger partial charge in [-0.05, 0) is 29.3 Å². The van der Waals surface area contributed by atoms with Gasteiger partial charge in [0.05, 0.1) is 23.3 Å². The van der Waals surface area contributed by atoms with Gasteiger partial charge in [0.25, 0.3) is 0 Å². The van der Waals surface area contributed by atoms with Gasteiger partial charge in [0.15, 0.2) is 0 Å². The summed E-state index contributed by atoms with van der Waals surface area (Å²) in [4.78, 5) is 13.9.